The van der Waals surface area contributed by atoms with E-state index in [1.807, 2.05) is 0 Å². The van der Waals surface area contributed by atoms with Crippen LogP contribution in [-0.4, -0.2) is 36.9 Å². The van der Waals surface area contributed by atoms with Gasteiger partial charge in [-0.15, -0.1) is 0 Å². The summed E-state index contributed by atoms with van der Waals surface area (Å²) in [6.45, 7) is 0.176. The van der Waals surface area contributed by atoms with Crippen LogP contribution >= 0.6 is 0 Å². The maximum atomic E-state index is 12.1. The first-order valence-corrected chi connectivity index (χ1v) is 9.39. The highest BCUT2D eigenvalue weighted by atomic mass is 32.2. The highest BCUT2D eigenvalue weighted by Crippen LogP contribution is 2.14. The first-order chi connectivity index (χ1) is 12.3. The van der Waals surface area contributed by atoms with E-state index >= 15 is 0 Å². The predicted octanol–water partition coefficient (Wildman–Crippen LogP) is 1.96. The number of nitrogens with one attached hydrogen (secondary N) is 1. The number of sulfonamides is 1. The number of Topliss-reactive ketones (excluding diaryl/α,β-unsaturated/α-hetero) is 1. The Morgan fingerprint density at radius 2 is 1.54 bits per heavy atom. The zero-order valence-electron chi connectivity index (χ0n) is 13.9. The largest absolute Gasteiger partial charge is 0.508 e. The summed E-state index contributed by atoms with van der Waals surface area (Å²) in [6.07, 6.45) is 0.168. The standard InChI is InChI=1S/C18H19NO6S/c20-15-5-7-16(8-6-15)26(24,25)19-12-11-13-1-3-14(4-2-13)17(21)9-10-18(22)23/h1-8,19-20H,9-12H2,(H,22,23). The first-order valence-electron chi connectivity index (χ1n) is 7.90. The molecule has 2 aromatic carbocycles. The van der Waals surface area contributed by atoms with Crippen molar-refractivity contribution < 1.29 is 28.2 Å². The van der Waals surface area contributed by atoms with E-state index in [4.69, 9.17) is 5.11 Å². The molecule has 0 bridgehead atoms. The van der Waals surface area contributed by atoms with E-state index in [-0.39, 0.29) is 35.8 Å². The number of hydrogen-bond acceptors (Lipinski definition) is 5. The van der Waals surface area contributed by atoms with E-state index in [0.29, 0.717) is 12.0 Å². The van der Waals surface area contributed by atoms with Crippen LogP contribution in [0.15, 0.2) is 53.4 Å². The van der Waals surface area contributed by atoms with Crippen molar-refractivity contribution in [1.82, 2.24) is 4.72 Å². The lowest BCUT2D eigenvalue weighted by atomic mass is 10.0. The van der Waals surface area contributed by atoms with Crippen molar-refractivity contribution in [3.8, 4) is 5.75 Å². The molecule has 0 saturated heterocycles. The molecule has 2 aromatic rings. The molecule has 0 saturated carbocycles. The zero-order valence-corrected chi connectivity index (χ0v) is 14.7. The first kappa shape index (κ1) is 19.6. The molecule has 0 aliphatic heterocycles. The summed E-state index contributed by atoms with van der Waals surface area (Å²) in [5.74, 6) is -1.27. The summed E-state index contributed by atoms with van der Waals surface area (Å²) in [5, 5.41) is 17.8. The number of phenolic OH excluding ortho intramolecular Hbond substituents is 1. The van der Waals surface area contributed by atoms with Gasteiger partial charge in [-0.3, -0.25) is 9.59 Å². The van der Waals surface area contributed by atoms with Crippen LogP contribution in [0.2, 0.25) is 0 Å². The Balaban J connectivity index is 1.88. The van der Waals surface area contributed by atoms with Gasteiger partial charge in [0.15, 0.2) is 5.78 Å². The predicted molar refractivity (Wildman–Crippen MR) is 94.6 cm³/mol. The Morgan fingerprint density at radius 1 is 0.923 bits per heavy atom. The van der Waals surface area contributed by atoms with Crippen LogP contribution in [0, 0.1) is 0 Å². The molecule has 2 rings (SSSR count). The summed E-state index contributed by atoms with van der Waals surface area (Å²) in [6, 6.07) is 11.9. The number of carbonyl (C=O) groups excluding carboxylic acids is 1. The van der Waals surface area contributed by atoms with Gasteiger partial charge in [0.25, 0.3) is 0 Å². The molecule has 0 unspecified atom stereocenters. The fourth-order valence-electron chi connectivity index (χ4n) is 2.26. The van der Waals surface area contributed by atoms with E-state index in [2.05, 4.69) is 4.72 Å². The van der Waals surface area contributed by atoms with Crippen molar-refractivity contribution in [1.29, 1.82) is 0 Å². The van der Waals surface area contributed by atoms with Crippen LogP contribution in [0.3, 0.4) is 0 Å². The number of carbonyl (C=O) groups is 2. The molecule has 8 heteroatoms. The van der Waals surface area contributed by atoms with Crippen molar-refractivity contribution in [2.24, 2.45) is 0 Å². The molecule has 0 atom stereocenters. The topological polar surface area (TPSA) is 121 Å². The van der Waals surface area contributed by atoms with Gasteiger partial charge in [0.2, 0.25) is 10.0 Å². The number of benzene rings is 2. The van der Waals surface area contributed by atoms with Crippen molar-refractivity contribution in [2.75, 3.05) is 6.54 Å². The Labute approximate surface area is 151 Å². The van der Waals surface area contributed by atoms with Crippen LogP contribution in [0.1, 0.15) is 28.8 Å². The van der Waals surface area contributed by atoms with Crippen molar-refractivity contribution in [2.45, 2.75) is 24.2 Å². The number of rotatable bonds is 9. The van der Waals surface area contributed by atoms with Crippen LogP contribution in [-0.2, 0) is 21.2 Å². The lowest BCUT2D eigenvalue weighted by Crippen LogP contribution is -2.25. The fraction of sp³-hybridized carbons (Fsp3) is 0.222. The van der Waals surface area contributed by atoms with Crippen LogP contribution in [0.5, 0.6) is 5.75 Å². The monoisotopic (exact) mass is 377 g/mol. The molecule has 0 fully saturated rings. The van der Waals surface area contributed by atoms with Crippen LogP contribution < -0.4 is 4.72 Å². The summed E-state index contributed by atoms with van der Waals surface area (Å²) < 4.78 is 26.7. The van der Waals surface area contributed by atoms with Gasteiger partial charge in [-0.1, -0.05) is 24.3 Å². The molecule has 0 heterocycles. The Morgan fingerprint density at radius 3 is 2.12 bits per heavy atom. The minimum absolute atomic E-state index is 0.0121. The lowest BCUT2D eigenvalue weighted by molar-refractivity contribution is -0.136. The van der Waals surface area contributed by atoms with Gasteiger partial charge in [-0.2, -0.15) is 0 Å². The minimum Gasteiger partial charge on any atom is -0.508 e. The van der Waals surface area contributed by atoms with E-state index in [1.165, 1.54) is 24.3 Å². The third-order valence-corrected chi connectivity index (χ3v) is 5.17. The number of phenols is 1. The molecular weight excluding hydrogens is 358 g/mol. The molecule has 0 aromatic heterocycles. The summed E-state index contributed by atoms with van der Waals surface area (Å²) in [4.78, 5) is 22.4. The Bertz CT molecular complexity index is 873. The number of aliphatic carboxylic acids is 1. The van der Waals surface area contributed by atoms with Gasteiger partial charge in [0.1, 0.15) is 5.75 Å². The average Bonchev–Trinajstić information content (AvgIpc) is 2.60. The van der Waals surface area contributed by atoms with E-state index < -0.39 is 16.0 Å². The van der Waals surface area contributed by atoms with Crippen molar-refractivity contribution >= 4 is 21.8 Å². The highest BCUT2D eigenvalue weighted by Gasteiger charge is 2.13. The Hall–Kier alpha value is -2.71. The maximum Gasteiger partial charge on any atom is 0.303 e. The second-order valence-corrected chi connectivity index (χ2v) is 7.42. The second kappa shape index (κ2) is 8.59. The fourth-order valence-corrected chi connectivity index (χ4v) is 3.29. The van der Waals surface area contributed by atoms with Crippen LogP contribution in [0.25, 0.3) is 0 Å². The molecule has 0 spiro atoms. The van der Waals surface area contributed by atoms with Crippen molar-refractivity contribution in [3.63, 3.8) is 0 Å². The molecule has 26 heavy (non-hydrogen) atoms. The average molecular weight is 377 g/mol. The van der Waals surface area contributed by atoms with Gasteiger partial charge in [-0.05, 0) is 36.2 Å². The second-order valence-electron chi connectivity index (χ2n) is 5.66. The van der Waals surface area contributed by atoms with Gasteiger partial charge >= 0.3 is 5.97 Å². The number of ketones is 1. The smallest absolute Gasteiger partial charge is 0.303 e. The Kier molecular flexibility index (Phi) is 6.48. The summed E-state index contributed by atoms with van der Waals surface area (Å²) in [5.41, 5.74) is 1.27. The van der Waals surface area contributed by atoms with Gasteiger partial charge in [-0.25, -0.2) is 13.1 Å². The molecule has 0 aliphatic carbocycles. The zero-order chi connectivity index (χ0) is 19.2. The van der Waals surface area contributed by atoms with Gasteiger partial charge < -0.3 is 10.2 Å². The third kappa shape index (κ3) is 5.68. The van der Waals surface area contributed by atoms with E-state index in [0.717, 1.165) is 5.56 Å². The molecule has 3 N–H and O–H groups in total. The highest BCUT2D eigenvalue weighted by molar-refractivity contribution is 7.89. The molecule has 0 radical (unpaired) electrons. The number of hydrogen-bond donors (Lipinski definition) is 3. The van der Waals surface area contributed by atoms with Crippen LogP contribution in [0.4, 0.5) is 0 Å². The summed E-state index contributed by atoms with van der Waals surface area (Å²) in [7, 11) is -3.66. The summed E-state index contributed by atoms with van der Waals surface area (Å²) >= 11 is 0. The quantitative estimate of drug-likeness (QED) is 0.575. The molecule has 0 amide bonds. The van der Waals surface area contributed by atoms with Gasteiger partial charge in [0.05, 0.1) is 11.3 Å². The third-order valence-electron chi connectivity index (χ3n) is 3.69. The molecule has 7 nitrogen and oxygen atoms in total. The molecule has 138 valence electrons. The normalized spacial score (nSPS) is 11.2. The lowest BCUT2D eigenvalue weighted by Gasteiger charge is -2.07. The molecular formula is C18H19NO6S. The van der Waals surface area contributed by atoms with E-state index in [9.17, 15) is 23.1 Å². The number of carboxylic acid groups (broad SMARTS) is 1. The maximum absolute atomic E-state index is 12.1. The number of aromatic hydroxyl groups is 1. The SMILES string of the molecule is O=C(O)CCC(=O)c1ccc(CCNS(=O)(=O)c2ccc(O)cc2)cc1. The number of carboxylic acids is 1. The van der Waals surface area contributed by atoms with Gasteiger partial charge in [0, 0.05) is 18.5 Å². The van der Waals surface area contributed by atoms with Crippen molar-refractivity contribution in [3.05, 3.63) is 59.7 Å². The molecule has 0 aliphatic rings. The van der Waals surface area contributed by atoms with E-state index in [1.54, 1.807) is 24.3 Å². The minimum atomic E-state index is -3.66.